The molecule has 0 fully saturated rings. The maximum absolute atomic E-state index is 13.2. The molecule has 0 aliphatic carbocycles. The van der Waals surface area contributed by atoms with Crippen molar-refractivity contribution in [2.75, 3.05) is 19.8 Å². The molecule has 0 radical (unpaired) electrons. The van der Waals surface area contributed by atoms with E-state index in [9.17, 15) is 12.8 Å². The van der Waals surface area contributed by atoms with E-state index in [1.165, 1.54) is 29.7 Å². The summed E-state index contributed by atoms with van der Waals surface area (Å²) in [4.78, 5) is 4.29. The van der Waals surface area contributed by atoms with Crippen molar-refractivity contribution in [1.82, 2.24) is 13.9 Å². The van der Waals surface area contributed by atoms with Gasteiger partial charge < -0.3 is 4.57 Å². The SMILES string of the molecule is Cc1cc(F)ccc1-c1nccn1CCN(C)S(C)(=O)=O. The van der Waals surface area contributed by atoms with E-state index in [0.717, 1.165) is 11.1 Å². The molecule has 0 saturated carbocycles. The average molecular weight is 311 g/mol. The van der Waals surface area contributed by atoms with Crippen LogP contribution in [0.3, 0.4) is 0 Å². The van der Waals surface area contributed by atoms with E-state index in [0.29, 0.717) is 18.9 Å². The van der Waals surface area contributed by atoms with Crippen LogP contribution in [0.5, 0.6) is 0 Å². The summed E-state index contributed by atoms with van der Waals surface area (Å²) in [7, 11) is -1.66. The fraction of sp³-hybridized carbons (Fsp3) is 0.357. The Morgan fingerprint density at radius 1 is 1.38 bits per heavy atom. The minimum absolute atomic E-state index is 0.286. The molecule has 0 amide bonds. The third-order valence-electron chi connectivity index (χ3n) is 3.37. The Labute approximate surface area is 124 Å². The standard InChI is InChI=1S/C14H18FN3O2S/c1-11-10-12(15)4-5-13(11)14-16-6-7-18(14)9-8-17(2)21(3,19)20/h4-7,10H,8-9H2,1-3H3. The lowest BCUT2D eigenvalue weighted by Crippen LogP contribution is -2.29. The quantitative estimate of drug-likeness (QED) is 0.847. The zero-order valence-electron chi connectivity index (χ0n) is 12.2. The summed E-state index contributed by atoms with van der Waals surface area (Å²) < 4.78 is 39.1. The first kappa shape index (κ1) is 15.7. The monoisotopic (exact) mass is 311 g/mol. The Bertz CT molecular complexity index is 740. The topological polar surface area (TPSA) is 55.2 Å². The lowest BCUT2D eigenvalue weighted by atomic mass is 10.1. The highest BCUT2D eigenvalue weighted by Gasteiger charge is 2.13. The first-order chi connectivity index (χ1) is 9.79. The molecule has 2 rings (SSSR count). The van der Waals surface area contributed by atoms with E-state index >= 15 is 0 Å². The molecule has 0 N–H and O–H groups in total. The zero-order valence-corrected chi connectivity index (χ0v) is 13.1. The van der Waals surface area contributed by atoms with E-state index < -0.39 is 10.0 Å². The van der Waals surface area contributed by atoms with E-state index in [2.05, 4.69) is 4.98 Å². The number of benzene rings is 1. The van der Waals surface area contributed by atoms with Gasteiger partial charge in [0.1, 0.15) is 11.6 Å². The van der Waals surface area contributed by atoms with E-state index in [1.807, 2.05) is 11.5 Å². The molecule has 1 heterocycles. The van der Waals surface area contributed by atoms with Crippen molar-refractivity contribution >= 4 is 10.0 Å². The van der Waals surface area contributed by atoms with Crippen molar-refractivity contribution in [3.63, 3.8) is 0 Å². The number of rotatable bonds is 5. The minimum Gasteiger partial charge on any atom is -0.330 e. The number of aryl methyl sites for hydroxylation is 1. The van der Waals surface area contributed by atoms with Crippen LogP contribution in [0.1, 0.15) is 5.56 Å². The molecule has 0 aliphatic rings. The lowest BCUT2D eigenvalue weighted by Gasteiger charge is -2.16. The number of imidazole rings is 1. The molecule has 0 aliphatic heterocycles. The van der Waals surface area contributed by atoms with Gasteiger partial charge in [-0.15, -0.1) is 0 Å². The molecule has 0 saturated heterocycles. The normalized spacial score (nSPS) is 12.0. The molecule has 1 aromatic heterocycles. The molecule has 5 nitrogen and oxygen atoms in total. The number of halogens is 1. The number of nitrogens with zero attached hydrogens (tertiary/aromatic N) is 3. The third kappa shape index (κ3) is 3.68. The Balaban J connectivity index is 2.23. The Hall–Kier alpha value is -1.73. The van der Waals surface area contributed by atoms with E-state index in [-0.39, 0.29) is 5.82 Å². The molecule has 7 heteroatoms. The van der Waals surface area contributed by atoms with Gasteiger partial charge in [0.05, 0.1) is 6.26 Å². The molecule has 114 valence electrons. The van der Waals surface area contributed by atoms with Crippen LogP contribution in [0.15, 0.2) is 30.6 Å². The third-order valence-corrected chi connectivity index (χ3v) is 4.68. The van der Waals surface area contributed by atoms with Crippen molar-refractivity contribution in [2.24, 2.45) is 0 Å². The van der Waals surface area contributed by atoms with Crippen LogP contribution in [-0.4, -0.2) is 42.1 Å². The predicted molar refractivity (Wildman–Crippen MR) is 79.8 cm³/mol. The van der Waals surface area contributed by atoms with Crippen molar-refractivity contribution in [3.8, 4) is 11.4 Å². The van der Waals surface area contributed by atoms with Crippen molar-refractivity contribution in [2.45, 2.75) is 13.5 Å². The summed E-state index contributed by atoms with van der Waals surface area (Å²) in [6, 6.07) is 4.53. The summed E-state index contributed by atoms with van der Waals surface area (Å²) in [6.07, 6.45) is 4.61. The largest absolute Gasteiger partial charge is 0.330 e. The molecular formula is C14H18FN3O2S. The molecule has 1 aromatic carbocycles. The second-order valence-electron chi connectivity index (χ2n) is 4.99. The maximum Gasteiger partial charge on any atom is 0.211 e. The van der Waals surface area contributed by atoms with Crippen molar-refractivity contribution in [1.29, 1.82) is 0 Å². The number of likely N-dealkylation sites (N-methyl/N-ethyl adjacent to an activating group) is 1. The van der Waals surface area contributed by atoms with Gasteiger partial charge in [-0.05, 0) is 30.7 Å². The van der Waals surface area contributed by atoms with Gasteiger partial charge >= 0.3 is 0 Å². The lowest BCUT2D eigenvalue weighted by molar-refractivity contribution is 0.451. The van der Waals surface area contributed by atoms with Gasteiger partial charge in [0.25, 0.3) is 0 Å². The van der Waals surface area contributed by atoms with Gasteiger partial charge in [-0.3, -0.25) is 0 Å². The van der Waals surface area contributed by atoms with E-state index in [4.69, 9.17) is 0 Å². The van der Waals surface area contributed by atoms with Crippen LogP contribution in [-0.2, 0) is 16.6 Å². The highest BCUT2D eigenvalue weighted by atomic mass is 32.2. The maximum atomic E-state index is 13.2. The van der Waals surface area contributed by atoms with Gasteiger partial charge in [-0.1, -0.05) is 0 Å². The smallest absolute Gasteiger partial charge is 0.211 e. The molecule has 0 atom stereocenters. The number of aromatic nitrogens is 2. The molecule has 0 unspecified atom stereocenters. The zero-order chi connectivity index (χ0) is 15.6. The molecule has 0 spiro atoms. The first-order valence-corrected chi connectivity index (χ1v) is 8.33. The Kier molecular flexibility index (Phi) is 4.43. The van der Waals surface area contributed by atoms with Gasteiger partial charge in [0.15, 0.2) is 0 Å². The summed E-state index contributed by atoms with van der Waals surface area (Å²) in [5.74, 6) is 0.417. The number of hydrogen-bond donors (Lipinski definition) is 0. The molecule has 2 aromatic rings. The van der Waals surface area contributed by atoms with E-state index in [1.54, 1.807) is 18.5 Å². The molecular weight excluding hydrogens is 293 g/mol. The average Bonchev–Trinajstić information content (AvgIpc) is 2.83. The molecule has 0 bridgehead atoms. The number of sulfonamides is 1. The summed E-state index contributed by atoms with van der Waals surface area (Å²) >= 11 is 0. The van der Waals surface area contributed by atoms with Gasteiger partial charge in [-0.2, -0.15) is 0 Å². The van der Waals surface area contributed by atoms with Gasteiger partial charge in [0, 0.05) is 38.1 Å². The summed E-state index contributed by atoms with van der Waals surface area (Å²) in [5, 5.41) is 0. The van der Waals surface area contributed by atoms with Crippen LogP contribution in [0.4, 0.5) is 4.39 Å². The van der Waals surface area contributed by atoms with Crippen molar-refractivity contribution < 1.29 is 12.8 Å². The van der Waals surface area contributed by atoms with Gasteiger partial charge in [0.2, 0.25) is 10.0 Å². The summed E-state index contributed by atoms with van der Waals surface area (Å²) in [6.45, 7) is 2.65. The van der Waals surface area contributed by atoms with Crippen LogP contribution < -0.4 is 0 Å². The Morgan fingerprint density at radius 2 is 2.10 bits per heavy atom. The highest BCUT2D eigenvalue weighted by Crippen LogP contribution is 2.22. The van der Waals surface area contributed by atoms with Crippen molar-refractivity contribution in [3.05, 3.63) is 42.0 Å². The predicted octanol–water partition coefficient (Wildman–Crippen LogP) is 1.89. The first-order valence-electron chi connectivity index (χ1n) is 6.48. The second kappa shape index (κ2) is 5.95. The minimum atomic E-state index is -3.20. The van der Waals surface area contributed by atoms with Crippen LogP contribution in [0.25, 0.3) is 11.4 Å². The molecule has 21 heavy (non-hydrogen) atoms. The van der Waals surface area contributed by atoms with Gasteiger partial charge in [-0.25, -0.2) is 22.1 Å². The number of hydrogen-bond acceptors (Lipinski definition) is 3. The fourth-order valence-corrected chi connectivity index (χ4v) is 2.44. The highest BCUT2D eigenvalue weighted by molar-refractivity contribution is 7.88. The van der Waals surface area contributed by atoms with Crippen LogP contribution in [0.2, 0.25) is 0 Å². The summed E-state index contributed by atoms with van der Waals surface area (Å²) in [5.41, 5.74) is 1.63. The van der Waals surface area contributed by atoms with Crippen LogP contribution >= 0.6 is 0 Å². The van der Waals surface area contributed by atoms with Crippen LogP contribution in [0, 0.1) is 12.7 Å². The Morgan fingerprint density at radius 3 is 2.71 bits per heavy atom. The second-order valence-corrected chi connectivity index (χ2v) is 7.08. The fourth-order valence-electron chi connectivity index (χ4n) is 2.03.